The van der Waals surface area contributed by atoms with Gasteiger partial charge < -0.3 is 10.1 Å². The highest BCUT2D eigenvalue weighted by Gasteiger charge is 2.09. The summed E-state index contributed by atoms with van der Waals surface area (Å²) in [7, 11) is 1.52. The van der Waals surface area contributed by atoms with E-state index in [0.29, 0.717) is 21.4 Å². The summed E-state index contributed by atoms with van der Waals surface area (Å²) in [6.07, 6.45) is 3.05. The number of halogens is 3. The highest BCUT2D eigenvalue weighted by Crippen LogP contribution is 2.33. The van der Waals surface area contributed by atoms with E-state index in [9.17, 15) is 4.79 Å². The Kier molecular flexibility index (Phi) is 6.54. The maximum Gasteiger partial charge on any atom is 0.248 e. The summed E-state index contributed by atoms with van der Waals surface area (Å²) in [5.41, 5.74) is 3.55. The zero-order valence-corrected chi connectivity index (χ0v) is 17.1. The van der Waals surface area contributed by atoms with Gasteiger partial charge in [0.05, 0.1) is 12.1 Å². The van der Waals surface area contributed by atoms with Crippen LogP contribution in [0.2, 0.25) is 10.0 Å². The van der Waals surface area contributed by atoms with Crippen molar-refractivity contribution in [3.05, 3.63) is 60.6 Å². The third kappa shape index (κ3) is 4.65. The van der Waals surface area contributed by atoms with Crippen molar-refractivity contribution in [2.75, 3.05) is 12.4 Å². The number of amides is 1. The minimum Gasteiger partial charge on any atom is -0.495 e. The van der Waals surface area contributed by atoms with Crippen molar-refractivity contribution >= 4 is 63.5 Å². The summed E-state index contributed by atoms with van der Waals surface area (Å²) in [5.74, 6) is 0.239. The largest absolute Gasteiger partial charge is 0.495 e. The van der Waals surface area contributed by atoms with Gasteiger partial charge in [0, 0.05) is 25.9 Å². The van der Waals surface area contributed by atoms with Crippen LogP contribution in [0.15, 0.2) is 30.3 Å². The Hall–Kier alpha value is -1.24. The molecular weight excluding hydrogens is 460 g/mol. The molecule has 0 radical (unpaired) electrons. The zero-order valence-electron chi connectivity index (χ0n) is 13.4. The molecular formula is C18H16Cl2INO2. The van der Waals surface area contributed by atoms with Gasteiger partial charge in [0.2, 0.25) is 5.91 Å². The molecule has 0 atom stereocenters. The molecule has 126 valence electrons. The first-order valence-electron chi connectivity index (χ1n) is 7.10. The van der Waals surface area contributed by atoms with Gasteiger partial charge in [0.15, 0.2) is 0 Å². The number of rotatable bonds is 4. The topological polar surface area (TPSA) is 38.3 Å². The second-order valence-corrected chi connectivity index (χ2v) is 7.25. The van der Waals surface area contributed by atoms with E-state index in [4.69, 9.17) is 27.9 Å². The molecule has 24 heavy (non-hydrogen) atoms. The fourth-order valence-corrected chi connectivity index (χ4v) is 3.38. The van der Waals surface area contributed by atoms with Crippen molar-refractivity contribution in [2.24, 2.45) is 0 Å². The van der Waals surface area contributed by atoms with Gasteiger partial charge in [-0.3, -0.25) is 4.79 Å². The quantitative estimate of drug-likeness (QED) is 0.443. The molecule has 0 fully saturated rings. The van der Waals surface area contributed by atoms with Crippen molar-refractivity contribution in [3.8, 4) is 5.75 Å². The molecule has 2 aromatic rings. The highest BCUT2D eigenvalue weighted by molar-refractivity contribution is 14.1. The summed E-state index contributed by atoms with van der Waals surface area (Å²) in [5, 5.41) is 3.75. The maximum absolute atomic E-state index is 12.2. The number of hydrogen-bond donors (Lipinski definition) is 1. The van der Waals surface area contributed by atoms with Gasteiger partial charge >= 0.3 is 0 Å². The molecule has 1 N–H and O–H groups in total. The van der Waals surface area contributed by atoms with E-state index < -0.39 is 0 Å². The Bertz CT molecular complexity index is 819. The molecule has 2 aromatic carbocycles. The van der Waals surface area contributed by atoms with Crippen molar-refractivity contribution in [3.63, 3.8) is 0 Å². The minimum atomic E-state index is -0.239. The molecule has 0 aliphatic rings. The third-order valence-corrected chi connectivity index (χ3v) is 5.08. The van der Waals surface area contributed by atoms with Crippen molar-refractivity contribution in [1.82, 2.24) is 0 Å². The van der Waals surface area contributed by atoms with Crippen molar-refractivity contribution in [1.29, 1.82) is 0 Å². The van der Waals surface area contributed by atoms with Crippen LogP contribution in [0.1, 0.15) is 16.7 Å². The number of nitrogens with one attached hydrogen (secondary N) is 1. The number of carbonyl (C=O) groups is 1. The van der Waals surface area contributed by atoms with Gasteiger partial charge in [-0.15, -0.1) is 0 Å². The molecule has 0 heterocycles. The average molecular weight is 476 g/mol. The Morgan fingerprint density at radius 3 is 2.54 bits per heavy atom. The lowest BCUT2D eigenvalue weighted by molar-refractivity contribution is -0.111. The summed E-state index contributed by atoms with van der Waals surface area (Å²) < 4.78 is 6.42. The van der Waals surface area contributed by atoms with Gasteiger partial charge in [0.1, 0.15) is 5.75 Å². The van der Waals surface area contributed by atoms with Crippen molar-refractivity contribution in [2.45, 2.75) is 13.8 Å². The number of hydrogen-bond acceptors (Lipinski definition) is 2. The van der Waals surface area contributed by atoms with E-state index in [1.165, 1.54) is 13.2 Å². The lowest BCUT2D eigenvalue weighted by Crippen LogP contribution is -2.09. The molecule has 0 aliphatic carbocycles. The lowest BCUT2D eigenvalue weighted by Gasteiger charge is -2.10. The first-order valence-corrected chi connectivity index (χ1v) is 8.94. The zero-order chi connectivity index (χ0) is 17.9. The van der Waals surface area contributed by atoms with E-state index in [1.807, 2.05) is 26.0 Å². The second kappa shape index (κ2) is 8.23. The number of ether oxygens (including phenoxy) is 1. The first kappa shape index (κ1) is 19.1. The molecule has 0 aliphatic heterocycles. The van der Waals surface area contributed by atoms with Crippen LogP contribution >= 0.6 is 45.8 Å². The SMILES string of the molecule is COc1c(Cl)cc(Cl)cc1C=CC(=O)Nc1cc(C)c(I)cc1C. The fourth-order valence-electron chi connectivity index (χ4n) is 2.17. The molecule has 3 nitrogen and oxygen atoms in total. The van der Waals surface area contributed by atoms with Crippen LogP contribution in [0.25, 0.3) is 6.08 Å². The van der Waals surface area contributed by atoms with Gasteiger partial charge in [0.25, 0.3) is 0 Å². The van der Waals surface area contributed by atoms with Gasteiger partial charge in [-0.2, -0.15) is 0 Å². The minimum absolute atomic E-state index is 0.239. The average Bonchev–Trinajstić information content (AvgIpc) is 2.50. The van der Waals surface area contributed by atoms with Crippen LogP contribution in [0.3, 0.4) is 0 Å². The number of benzene rings is 2. The summed E-state index contributed by atoms with van der Waals surface area (Å²) in [6.45, 7) is 3.96. The number of aryl methyl sites for hydroxylation is 2. The number of anilines is 1. The Morgan fingerprint density at radius 1 is 1.17 bits per heavy atom. The van der Waals surface area contributed by atoms with E-state index in [2.05, 4.69) is 27.9 Å². The molecule has 2 rings (SSSR count). The van der Waals surface area contributed by atoms with Crippen LogP contribution in [0.4, 0.5) is 5.69 Å². The molecule has 6 heteroatoms. The van der Waals surface area contributed by atoms with Crippen LogP contribution in [-0.2, 0) is 4.79 Å². The highest BCUT2D eigenvalue weighted by atomic mass is 127. The van der Waals surface area contributed by atoms with Gasteiger partial charge in [-0.25, -0.2) is 0 Å². The maximum atomic E-state index is 12.2. The predicted octanol–water partition coefficient (Wildman–Crippen LogP) is 5.88. The van der Waals surface area contributed by atoms with Crippen LogP contribution < -0.4 is 10.1 Å². The predicted molar refractivity (Wildman–Crippen MR) is 109 cm³/mol. The van der Waals surface area contributed by atoms with Crippen LogP contribution in [-0.4, -0.2) is 13.0 Å². The molecule has 0 bridgehead atoms. The van der Waals surface area contributed by atoms with E-state index in [0.717, 1.165) is 20.4 Å². The summed E-state index contributed by atoms with van der Waals surface area (Å²) >= 11 is 14.4. The Morgan fingerprint density at radius 2 is 1.88 bits per heavy atom. The van der Waals surface area contributed by atoms with Gasteiger partial charge in [-0.1, -0.05) is 23.2 Å². The molecule has 0 aromatic heterocycles. The normalized spacial score (nSPS) is 10.9. The Labute approximate surface area is 165 Å². The molecule has 0 saturated carbocycles. The van der Waals surface area contributed by atoms with E-state index >= 15 is 0 Å². The molecule has 1 amide bonds. The van der Waals surface area contributed by atoms with E-state index in [1.54, 1.807) is 18.2 Å². The third-order valence-electron chi connectivity index (χ3n) is 3.42. The number of methoxy groups -OCH3 is 1. The summed E-state index contributed by atoms with van der Waals surface area (Å²) in [4.78, 5) is 12.2. The monoisotopic (exact) mass is 475 g/mol. The Balaban J connectivity index is 2.22. The summed E-state index contributed by atoms with van der Waals surface area (Å²) in [6, 6.07) is 7.28. The lowest BCUT2D eigenvalue weighted by atomic mass is 10.1. The fraction of sp³-hybridized carbons (Fsp3) is 0.167. The van der Waals surface area contributed by atoms with E-state index in [-0.39, 0.29) is 5.91 Å². The second-order valence-electron chi connectivity index (χ2n) is 5.25. The van der Waals surface area contributed by atoms with Crippen LogP contribution in [0, 0.1) is 17.4 Å². The molecule has 0 saturated heterocycles. The first-order chi connectivity index (χ1) is 11.3. The van der Waals surface area contributed by atoms with Crippen LogP contribution in [0.5, 0.6) is 5.75 Å². The standard InChI is InChI=1S/C18H16Cl2INO2/c1-10-7-16(11(2)6-15(10)21)22-17(23)5-4-12-8-13(19)9-14(20)18(12)24-3/h4-9H,1-3H3,(H,22,23). The van der Waals surface area contributed by atoms with Crippen molar-refractivity contribution < 1.29 is 9.53 Å². The van der Waals surface area contributed by atoms with Gasteiger partial charge in [-0.05, 0) is 77.9 Å². The smallest absolute Gasteiger partial charge is 0.248 e. The molecule has 0 spiro atoms. The molecule has 0 unspecified atom stereocenters. The number of carbonyl (C=O) groups excluding carboxylic acids is 1.